The number of nitrogens with one attached hydrogen (secondary N) is 1. The average Bonchev–Trinajstić information content (AvgIpc) is 2.92. The molecule has 7 heteroatoms. The molecule has 0 fully saturated rings. The summed E-state index contributed by atoms with van der Waals surface area (Å²) in [4.78, 5) is 38.1. The van der Waals surface area contributed by atoms with Gasteiger partial charge in [0.15, 0.2) is 0 Å². The Morgan fingerprint density at radius 2 is 1.67 bits per heavy atom. The number of fused-ring (bicyclic) bond motifs is 1. The molecule has 0 bridgehead atoms. The van der Waals surface area contributed by atoms with E-state index in [1.54, 1.807) is 63.6 Å². The molecule has 1 atom stereocenters. The summed E-state index contributed by atoms with van der Waals surface area (Å²) in [5.74, 6) is -0.131. The van der Waals surface area contributed by atoms with Crippen LogP contribution >= 0.6 is 0 Å². The van der Waals surface area contributed by atoms with Gasteiger partial charge in [-0.1, -0.05) is 12.1 Å². The number of carbonyl (C=O) groups is 3. The first-order valence-corrected chi connectivity index (χ1v) is 8.42. The Morgan fingerprint density at radius 1 is 1.04 bits per heavy atom. The number of carbonyl (C=O) groups excluding carboxylic acids is 3. The van der Waals surface area contributed by atoms with Crippen molar-refractivity contribution in [3.8, 4) is 11.5 Å². The monoisotopic (exact) mass is 368 g/mol. The van der Waals surface area contributed by atoms with Crippen LogP contribution in [0.5, 0.6) is 11.5 Å². The van der Waals surface area contributed by atoms with Crippen molar-refractivity contribution in [2.75, 3.05) is 20.8 Å². The summed E-state index contributed by atoms with van der Waals surface area (Å²) in [6.45, 7) is 1.44. The standard InChI is InChI=1S/C20H20N2O5/c1-12(16-10-13(26-2)8-9-17(16)27-3)21-18(23)11-22-19(24)14-6-4-5-7-15(14)20(22)25/h4-10,12H,11H2,1-3H3,(H,21,23)/t12-/m1/s1. The molecule has 1 aliphatic rings. The summed E-state index contributed by atoms with van der Waals surface area (Å²) in [5.41, 5.74) is 1.36. The van der Waals surface area contributed by atoms with Crippen LogP contribution in [0.3, 0.4) is 0 Å². The molecule has 27 heavy (non-hydrogen) atoms. The fraction of sp³-hybridized carbons (Fsp3) is 0.250. The zero-order chi connectivity index (χ0) is 19.6. The number of methoxy groups -OCH3 is 2. The third-order valence-electron chi connectivity index (χ3n) is 4.46. The van der Waals surface area contributed by atoms with Crippen LogP contribution < -0.4 is 14.8 Å². The van der Waals surface area contributed by atoms with Gasteiger partial charge in [-0.15, -0.1) is 0 Å². The second kappa shape index (κ2) is 7.49. The summed E-state index contributed by atoms with van der Waals surface area (Å²) >= 11 is 0. The molecule has 2 aromatic carbocycles. The van der Waals surface area contributed by atoms with E-state index < -0.39 is 23.8 Å². The van der Waals surface area contributed by atoms with E-state index in [1.807, 2.05) is 0 Å². The predicted molar refractivity (Wildman–Crippen MR) is 97.9 cm³/mol. The van der Waals surface area contributed by atoms with Crippen molar-refractivity contribution in [1.82, 2.24) is 10.2 Å². The minimum atomic E-state index is -0.461. The van der Waals surface area contributed by atoms with Crippen molar-refractivity contribution in [2.45, 2.75) is 13.0 Å². The van der Waals surface area contributed by atoms with Crippen LogP contribution in [0.2, 0.25) is 0 Å². The van der Waals surface area contributed by atoms with Gasteiger partial charge in [0.05, 0.1) is 31.4 Å². The summed E-state index contributed by atoms with van der Waals surface area (Å²) in [5, 5.41) is 2.80. The van der Waals surface area contributed by atoms with E-state index in [4.69, 9.17) is 9.47 Å². The number of imide groups is 1. The van der Waals surface area contributed by atoms with Gasteiger partial charge < -0.3 is 14.8 Å². The lowest BCUT2D eigenvalue weighted by molar-refractivity contribution is -0.122. The van der Waals surface area contributed by atoms with Gasteiger partial charge in [0.25, 0.3) is 11.8 Å². The first-order chi connectivity index (χ1) is 13.0. The highest BCUT2D eigenvalue weighted by Gasteiger charge is 2.36. The number of benzene rings is 2. The van der Waals surface area contributed by atoms with Gasteiger partial charge in [0.2, 0.25) is 5.91 Å². The van der Waals surface area contributed by atoms with Gasteiger partial charge in [-0.2, -0.15) is 0 Å². The molecule has 0 saturated heterocycles. The Hall–Kier alpha value is -3.35. The molecule has 3 rings (SSSR count). The van der Waals surface area contributed by atoms with Crippen LogP contribution in [0.15, 0.2) is 42.5 Å². The van der Waals surface area contributed by atoms with Crippen molar-refractivity contribution < 1.29 is 23.9 Å². The van der Waals surface area contributed by atoms with Gasteiger partial charge in [-0.25, -0.2) is 0 Å². The Balaban J connectivity index is 1.72. The van der Waals surface area contributed by atoms with Crippen LogP contribution in [0.4, 0.5) is 0 Å². The molecule has 0 spiro atoms. The van der Waals surface area contributed by atoms with E-state index in [9.17, 15) is 14.4 Å². The maximum absolute atomic E-state index is 12.4. The smallest absolute Gasteiger partial charge is 0.262 e. The molecule has 1 N–H and O–H groups in total. The van der Waals surface area contributed by atoms with Crippen molar-refractivity contribution >= 4 is 17.7 Å². The quantitative estimate of drug-likeness (QED) is 0.790. The van der Waals surface area contributed by atoms with E-state index in [0.29, 0.717) is 22.6 Å². The topological polar surface area (TPSA) is 84.9 Å². The Labute approximate surface area is 156 Å². The van der Waals surface area contributed by atoms with Gasteiger partial charge in [-0.05, 0) is 37.3 Å². The molecule has 7 nitrogen and oxygen atoms in total. The number of rotatable bonds is 6. The van der Waals surface area contributed by atoms with Gasteiger partial charge in [0.1, 0.15) is 18.0 Å². The molecule has 0 saturated carbocycles. The molecule has 140 valence electrons. The second-order valence-corrected chi connectivity index (χ2v) is 6.14. The highest BCUT2D eigenvalue weighted by atomic mass is 16.5. The van der Waals surface area contributed by atoms with Crippen LogP contribution in [0.25, 0.3) is 0 Å². The molecular formula is C20H20N2O5. The van der Waals surface area contributed by atoms with Crippen LogP contribution in [0.1, 0.15) is 39.2 Å². The van der Waals surface area contributed by atoms with Crippen molar-refractivity contribution in [2.24, 2.45) is 0 Å². The highest BCUT2D eigenvalue weighted by Crippen LogP contribution is 2.29. The minimum absolute atomic E-state index is 0.317. The van der Waals surface area contributed by atoms with Crippen LogP contribution in [-0.2, 0) is 4.79 Å². The Bertz CT molecular complexity index is 874. The molecule has 2 aromatic rings. The summed E-state index contributed by atoms with van der Waals surface area (Å²) in [7, 11) is 3.09. The number of hydrogen-bond donors (Lipinski definition) is 1. The first kappa shape index (κ1) is 18.4. The maximum atomic E-state index is 12.4. The van der Waals surface area contributed by atoms with Gasteiger partial charge in [0, 0.05) is 5.56 Å². The molecule has 0 radical (unpaired) electrons. The second-order valence-electron chi connectivity index (χ2n) is 6.14. The van der Waals surface area contributed by atoms with Crippen molar-refractivity contribution in [3.63, 3.8) is 0 Å². The van der Waals surface area contributed by atoms with Crippen LogP contribution in [-0.4, -0.2) is 43.4 Å². The van der Waals surface area contributed by atoms with Gasteiger partial charge in [-0.3, -0.25) is 19.3 Å². The number of ether oxygens (including phenoxy) is 2. The SMILES string of the molecule is COc1ccc(OC)c([C@@H](C)NC(=O)CN2C(=O)c3ccccc3C2=O)c1. The third kappa shape index (κ3) is 3.48. The molecule has 0 aromatic heterocycles. The van der Waals surface area contributed by atoms with Crippen molar-refractivity contribution in [1.29, 1.82) is 0 Å². The largest absolute Gasteiger partial charge is 0.497 e. The number of nitrogens with zero attached hydrogens (tertiary/aromatic N) is 1. The normalized spacial score (nSPS) is 14.0. The summed E-state index contributed by atoms with van der Waals surface area (Å²) in [6, 6.07) is 11.4. The van der Waals surface area contributed by atoms with Crippen molar-refractivity contribution in [3.05, 3.63) is 59.2 Å². The summed E-state index contributed by atoms with van der Waals surface area (Å²) in [6.07, 6.45) is 0. The molecular weight excluding hydrogens is 348 g/mol. The predicted octanol–water partition coefficient (Wildman–Crippen LogP) is 2.18. The van der Waals surface area contributed by atoms with Gasteiger partial charge >= 0.3 is 0 Å². The zero-order valence-electron chi connectivity index (χ0n) is 15.3. The third-order valence-corrected chi connectivity index (χ3v) is 4.46. The Morgan fingerprint density at radius 3 is 2.22 bits per heavy atom. The lowest BCUT2D eigenvalue weighted by atomic mass is 10.1. The maximum Gasteiger partial charge on any atom is 0.262 e. The number of hydrogen-bond acceptors (Lipinski definition) is 5. The minimum Gasteiger partial charge on any atom is -0.497 e. The van der Waals surface area contributed by atoms with E-state index in [1.165, 1.54) is 0 Å². The molecule has 0 aliphatic carbocycles. The zero-order valence-corrected chi connectivity index (χ0v) is 15.3. The van der Waals surface area contributed by atoms with E-state index >= 15 is 0 Å². The number of amides is 3. The highest BCUT2D eigenvalue weighted by molar-refractivity contribution is 6.22. The Kier molecular flexibility index (Phi) is 5.12. The molecule has 3 amide bonds. The average molecular weight is 368 g/mol. The molecule has 1 heterocycles. The first-order valence-electron chi connectivity index (χ1n) is 8.42. The van der Waals surface area contributed by atoms with E-state index in [-0.39, 0.29) is 6.54 Å². The summed E-state index contributed by atoms with van der Waals surface area (Å²) < 4.78 is 10.5. The lowest BCUT2D eigenvalue weighted by Gasteiger charge is -2.20. The fourth-order valence-corrected chi connectivity index (χ4v) is 3.07. The molecule has 1 aliphatic heterocycles. The van der Waals surface area contributed by atoms with E-state index in [2.05, 4.69) is 5.32 Å². The lowest BCUT2D eigenvalue weighted by Crippen LogP contribution is -2.41. The van der Waals surface area contributed by atoms with E-state index in [0.717, 1.165) is 10.5 Å². The fourth-order valence-electron chi connectivity index (χ4n) is 3.07. The molecule has 0 unspecified atom stereocenters. The van der Waals surface area contributed by atoms with Crippen LogP contribution in [0, 0.1) is 0 Å².